The summed E-state index contributed by atoms with van der Waals surface area (Å²) in [5.74, 6) is 0.579. The minimum absolute atomic E-state index is 0.579. The summed E-state index contributed by atoms with van der Waals surface area (Å²) in [5, 5.41) is 0. The maximum absolute atomic E-state index is 5.70. The Morgan fingerprint density at radius 1 is 1.22 bits per heavy atom. The van der Waals surface area contributed by atoms with Crippen LogP contribution in [0.1, 0.15) is 31.2 Å². The van der Waals surface area contributed by atoms with Gasteiger partial charge in [-0.15, -0.1) is 0 Å². The zero-order chi connectivity index (χ0) is 13.4. The van der Waals surface area contributed by atoms with Crippen LogP contribution in [-0.4, -0.2) is 38.8 Å². The predicted molar refractivity (Wildman–Crippen MR) is 77.9 cm³/mol. The van der Waals surface area contributed by atoms with Gasteiger partial charge in [0.1, 0.15) is 0 Å². The van der Waals surface area contributed by atoms with Crippen molar-refractivity contribution >= 4 is 5.69 Å². The van der Waals surface area contributed by atoms with Gasteiger partial charge in [0.05, 0.1) is 0 Å². The van der Waals surface area contributed by atoms with Gasteiger partial charge in [-0.25, -0.2) is 0 Å². The molecule has 0 spiro atoms. The Bertz CT molecular complexity index is 324. The topological polar surface area (TPSA) is 38.5 Å². The van der Waals surface area contributed by atoms with Gasteiger partial charge in [-0.3, -0.25) is 0 Å². The van der Waals surface area contributed by atoms with Crippen LogP contribution in [0.2, 0.25) is 0 Å². The first-order valence-electron chi connectivity index (χ1n) is 6.66. The van der Waals surface area contributed by atoms with E-state index in [2.05, 4.69) is 31.0 Å². The summed E-state index contributed by atoms with van der Waals surface area (Å²) in [4.78, 5) is 2.37. The van der Waals surface area contributed by atoms with E-state index in [1.54, 1.807) is 7.11 Å². The molecule has 1 aromatic rings. The van der Waals surface area contributed by atoms with Crippen molar-refractivity contribution in [1.82, 2.24) is 4.90 Å². The molecule has 102 valence electrons. The first-order chi connectivity index (χ1) is 8.63. The summed E-state index contributed by atoms with van der Waals surface area (Å²) in [6.07, 6.45) is 2.27. The molecule has 18 heavy (non-hydrogen) atoms. The van der Waals surface area contributed by atoms with E-state index < -0.39 is 0 Å². The Morgan fingerprint density at radius 2 is 1.89 bits per heavy atom. The van der Waals surface area contributed by atoms with Gasteiger partial charge in [0, 0.05) is 25.9 Å². The average Bonchev–Trinajstić information content (AvgIpc) is 2.37. The second-order valence-corrected chi connectivity index (χ2v) is 5.01. The van der Waals surface area contributed by atoms with Crippen molar-refractivity contribution in [3.8, 4) is 0 Å². The lowest BCUT2D eigenvalue weighted by atomic mass is 9.97. The van der Waals surface area contributed by atoms with E-state index in [9.17, 15) is 0 Å². The van der Waals surface area contributed by atoms with Crippen molar-refractivity contribution in [3.05, 3.63) is 29.8 Å². The quantitative estimate of drug-likeness (QED) is 0.569. The fourth-order valence-corrected chi connectivity index (χ4v) is 2.00. The first-order valence-corrected chi connectivity index (χ1v) is 6.66. The fraction of sp³-hybridized carbons (Fsp3) is 0.600. The average molecular weight is 250 g/mol. The number of ether oxygens (including phenoxy) is 1. The number of rotatable bonds is 8. The zero-order valence-electron chi connectivity index (χ0n) is 11.9. The summed E-state index contributed by atoms with van der Waals surface area (Å²) in [6, 6.07) is 8.22. The third-order valence-corrected chi connectivity index (χ3v) is 3.34. The number of nitrogens with zero attached hydrogens (tertiary/aromatic N) is 1. The Hall–Kier alpha value is -1.06. The van der Waals surface area contributed by atoms with Crippen molar-refractivity contribution in [2.24, 2.45) is 0 Å². The van der Waals surface area contributed by atoms with E-state index in [0.29, 0.717) is 5.92 Å². The molecule has 1 aromatic carbocycles. The van der Waals surface area contributed by atoms with Crippen LogP contribution in [0.5, 0.6) is 0 Å². The van der Waals surface area contributed by atoms with Crippen molar-refractivity contribution in [1.29, 1.82) is 0 Å². The molecule has 3 nitrogen and oxygen atoms in total. The number of benzene rings is 1. The fourth-order valence-electron chi connectivity index (χ4n) is 2.00. The summed E-state index contributed by atoms with van der Waals surface area (Å²) in [7, 11) is 3.93. The number of methoxy groups -OCH3 is 1. The van der Waals surface area contributed by atoms with Crippen LogP contribution in [0, 0.1) is 0 Å². The molecule has 0 amide bonds. The molecule has 2 N–H and O–H groups in total. The largest absolute Gasteiger partial charge is 0.399 e. The van der Waals surface area contributed by atoms with Crippen molar-refractivity contribution in [3.63, 3.8) is 0 Å². The second kappa shape index (κ2) is 8.11. The van der Waals surface area contributed by atoms with Crippen LogP contribution in [0.25, 0.3) is 0 Å². The van der Waals surface area contributed by atoms with E-state index in [1.165, 1.54) is 12.0 Å². The second-order valence-electron chi connectivity index (χ2n) is 5.01. The number of anilines is 1. The van der Waals surface area contributed by atoms with Crippen LogP contribution in [-0.2, 0) is 4.74 Å². The highest BCUT2D eigenvalue weighted by Gasteiger charge is 2.07. The molecule has 0 heterocycles. The summed E-state index contributed by atoms with van der Waals surface area (Å²) in [6.45, 7) is 5.34. The Balaban J connectivity index is 2.27. The zero-order valence-corrected chi connectivity index (χ0v) is 11.9. The van der Waals surface area contributed by atoms with Crippen molar-refractivity contribution < 1.29 is 4.74 Å². The molecule has 0 saturated carbocycles. The first kappa shape index (κ1) is 15.0. The number of nitrogen functional groups attached to an aromatic ring is 1. The molecular formula is C15H26N2O. The molecule has 1 unspecified atom stereocenters. The van der Waals surface area contributed by atoms with Gasteiger partial charge in [0.25, 0.3) is 0 Å². The molecule has 0 aromatic heterocycles. The Morgan fingerprint density at radius 3 is 2.50 bits per heavy atom. The number of hydrogen-bond acceptors (Lipinski definition) is 3. The normalized spacial score (nSPS) is 12.9. The van der Waals surface area contributed by atoms with Gasteiger partial charge in [-0.05, 0) is 50.0 Å². The maximum Gasteiger partial charge on any atom is 0.0474 e. The Kier molecular flexibility index (Phi) is 6.76. The minimum Gasteiger partial charge on any atom is -0.399 e. The van der Waals surface area contributed by atoms with E-state index in [4.69, 9.17) is 10.5 Å². The van der Waals surface area contributed by atoms with Crippen LogP contribution in [0.15, 0.2) is 24.3 Å². The predicted octanol–water partition coefficient (Wildman–Crippen LogP) is 2.73. The van der Waals surface area contributed by atoms with Crippen LogP contribution < -0.4 is 5.73 Å². The number of nitrogens with two attached hydrogens (primary N) is 1. The highest BCUT2D eigenvalue weighted by molar-refractivity contribution is 5.40. The summed E-state index contributed by atoms with van der Waals surface area (Å²) < 4.78 is 5.06. The standard InChI is InChI=1S/C15H26N2O/c1-13(14-5-7-15(16)8-6-14)9-11-17(2)10-4-12-18-3/h5-8,13H,4,9-12,16H2,1-3H3. The SMILES string of the molecule is COCCCN(C)CCC(C)c1ccc(N)cc1. The van der Waals surface area contributed by atoms with E-state index in [-0.39, 0.29) is 0 Å². The van der Waals surface area contributed by atoms with E-state index >= 15 is 0 Å². The molecule has 3 heteroatoms. The van der Waals surface area contributed by atoms with Gasteiger partial charge in [-0.2, -0.15) is 0 Å². The molecular weight excluding hydrogens is 224 g/mol. The summed E-state index contributed by atoms with van der Waals surface area (Å²) >= 11 is 0. The molecule has 0 saturated heterocycles. The molecule has 0 radical (unpaired) electrons. The smallest absolute Gasteiger partial charge is 0.0474 e. The van der Waals surface area contributed by atoms with Gasteiger partial charge in [-0.1, -0.05) is 19.1 Å². The lowest BCUT2D eigenvalue weighted by Crippen LogP contribution is -2.23. The van der Waals surface area contributed by atoms with Crippen molar-refractivity contribution in [2.75, 3.05) is 39.6 Å². The van der Waals surface area contributed by atoms with Crippen LogP contribution in [0.4, 0.5) is 5.69 Å². The van der Waals surface area contributed by atoms with Crippen LogP contribution in [0.3, 0.4) is 0 Å². The highest BCUT2D eigenvalue weighted by atomic mass is 16.5. The summed E-state index contributed by atoms with van der Waals surface area (Å²) in [5.41, 5.74) is 7.90. The maximum atomic E-state index is 5.70. The van der Waals surface area contributed by atoms with Crippen molar-refractivity contribution in [2.45, 2.75) is 25.7 Å². The minimum atomic E-state index is 0.579. The molecule has 1 atom stereocenters. The highest BCUT2D eigenvalue weighted by Crippen LogP contribution is 2.20. The van der Waals surface area contributed by atoms with Gasteiger partial charge in [0.2, 0.25) is 0 Å². The third kappa shape index (κ3) is 5.52. The third-order valence-electron chi connectivity index (χ3n) is 3.34. The lowest BCUT2D eigenvalue weighted by molar-refractivity contribution is 0.178. The molecule has 0 aliphatic rings. The molecule has 0 aliphatic carbocycles. The van der Waals surface area contributed by atoms with Gasteiger partial charge >= 0.3 is 0 Å². The molecule has 0 fully saturated rings. The van der Waals surface area contributed by atoms with E-state index in [0.717, 1.165) is 31.8 Å². The van der Waals surface area contributed by atoms with Gasteiger partial charge in [0.15, 0.2) is 0 Å². The molecule has 0 aliphatic heterocycles. The van der Waals surface area contributed by atoms with Crippen LogP contribution >= 0.6 is 0 Å². The van der Waals surface area contributed by atoms with E-state index in [1.807, 2.05) is 12.1 Å². The molecule has 0 bridgehead atoms. The monoisotopic (exact) mass is 250 g/mol. The number of hydrogen-bond donors (Lipinski definition) is 1. The Labute approximate surface area is 111 Å². The molecule has 1 rings (SSSR count). The van der Waals surface area contributed by atoms with Gasteiger partial charge < -0.3 is 15.4 Å². The lowest BCUT2D eigenvalue weighted by Gasteiger charge is -2.19.